The summed E-state index contributed by atoms with van der Waals surface area (Å²) in [5.74, 6) is 0.267. The van der Waals surface area contributed by atoms with Gasteiger partial charge in [-0.1, -0.05) is 13.0 Å². The summed E-state index contributed by atoms with van der Waals surface area (Å²) in [4.78, 5) is 27.6. The number of likely N-dealkylation sites (tertiary alicyclic amines) is 1. The summed E-state index contributed by atoms with van der Waals surface area (Å²) in [5, 5.41) is 8.97. The van der Waals surface area contributed by atoms with Crippen molar-refractivity contribution in [1.82, 2.24) is 4.90 Å². The summed E-state index contributed by atoms with van der Waals surface area (Å²) >= 11 is 0. The molecule has 2 rings (SSSR count). The monoisotopic (exact) mass is 299 g/mol. The van der Waals surface area contributed by atoms with Crippen LogP contribution in [-0.4, -0.2) is 36.3 Å². The summed E-state index contributed by atoms with van der Waals surface area (Å²) in [6, 6.07) is 8.82. The number of nitriles is 1. The second-order valence-corrected chi connectivity index (χ2v) is 5.85. The molecule has 1 saturated heterocycles. The third kappa shape index (κ3) is 3.85. The third-order valence-corrected chi connectivity index (χ3v) is 3.97. The third-order valence-electron chi connectivity index (χ3n) is 3.97. The van der Waals surface area contributed by atoms with Crippen LogP contribution in [0.1, 0.15) is 32.3 Å². The van der Waals surface area contributed by atoms with Crippen molar-refractivity contribution in [3.8, 4) is 6.07 Å². The molecule has 22 heavy (non-hydrogen) atoms. The number of anilines is 1. The number of hydrogen-bond donors (Lipinski definition) is 0. The van der Waals surface area contributed by atoms with Crippen LogP contribution in [0.4, 0.5) is 5.69 Å². The molecule has 1 aliphatic heterocycles. The summed E-state index contributed by atoms with van der Waals surface area (Å²) < 4.78 is 0. The Balaban J connectivity index is 2.13. The number of hydrogen-bond acceptors (Lipinski definition) is 3. The predicted octanol–water partition coefficient (Wildman–Crippen LogP) is 2.17. The maximum atomic E-state index is 12.5. The fourth-order valence-electron chi connectivity index (χ4n) is 2.78. The molecule has 0 saturated carbocycles. The number of carbonyl (C=O) groups is 2. The Morgan fingerprint density at radius 3 is 2.86 bits per heavy atom. The van der Waals surface area contributed by atoms with Crippen LogP contribution < -0.4 is 4.90 Å². The molecule has 116 valence electrons. The highest BCUT2D eigenvalue weighted by atomic mass is 16.2. The fraction of sp³-hybridized carbons (Fsp3) is 0.471. The number of piperidine rings is 1. The van der Waals surface area contributed by atoms with E-state index in [9.17, 15) is 9.59 Å². The van der Waals surface area contributed by atoms with Crippen LogP contribution in [0, 0.1) is 17.2 Å². The van der Waals surface area contributed by atoms with E-state index in [1.54, 1.807) is 24.3 Å². The minimum atomic E-state index is -0.200. The highest BCUT2D eigenvalue weighted by Crippen LogP contribution is 2.19. The van der Waals surface area contributed by atoms with Crippen LogP contribution >= 0.6 is 0 Å². The van der Waals surface area contributed by atoms with Crippen molar-refractivity contribution < 1.29 is 9.59 Å². The van der Waals surface area contributed by atoms with E-state index in [1.165, 1.54) is 11.8 Å². The lowest BCUT2D eigenvalue weighted by Gasteiger charge is -2.32. The molecule has 0 spiro atoms. The van der Waals surface area contributed by atoms with Gasteiger partial charge in [-0.15, -0.1) is 0 Å². The zero-order valence-electron chi connectivity index (χ0n) is 13.1. The van der Waals surface area contributed by atoms with Gasteiger partial charge in [-0.3, -0.25) is 9.59 Å². The van der Waals surface area contributed by atoms with Crippen molar-refractivity contribution in [2.24, 2.45) is 5.92 Å². The van der Waals surface area contributed by atoms with E-state index in [0.717, 1.165) is 25.9 Å². The summed E-state index contributed by atoms with van der Waals surface area (Å²) in [7, 11) is 0. The molecule has 1 atom stereocenters. The van der Waals surface area contributed by atoms with Gasteiger partial charge in [0.1, 0.15) is 6.54 Å². The van der Waals surface area contributed by atoms with E-state index < -0.39 is 0 Å². The van der Waals surface area contributed by atoms with Gasteiger partial charge < -0.3 is 9.80 Å². The van der Waals surface area contributed by atoms with Crippen LogP contribution in [0.15, 0.2) is 24.3 Å². The molecule has 0 radical (unpaired) electrons. The molecule has 5 heteroatoms. The van der Waals surface area contributed by atoms with Gasteiger partial charge in [-0.2, -0.15) is 5.26 Å². The zero-order chi connectivity index (χ0) is 16.1. The number of amides is 2. The van der Waals surface area contributed by atoms with Gasteiger partial charge in [0.05, 0.1) is 11.6 Å². The molecule has 1 heterocycles. The van der Waals surface area contributed by atoms with Crippen LogP contribution in [-0.2, 0) is 9.59 Å². The molecule has 1 aromatic carbocycles. The second kappa shape index (κ2) is 7.08. The van der Waals surface area contributed by atoms with Crippen molar-refractivity contribution in [2.75, 3.05) is 24.5 Å². The van der Waals surface area contributed by atoms with Gasteiger partial charge in [0.15, 0.2) is 0 Å². The number of rotatable bonds is 3. The highest BCUT2D eigenvalue weighted by Gasteiger charge is 2.24. The Labute approximate surface area is 131 Å². The Hall–Kier alpha value is -2.35. The average molecular weight is 299 g/mol. The lowest BCUT2D eigenvalue weighted by Crippen LogP contribution is -2.46. The molecule has 0 bridgehead atoms. The molecule has 5 nitrogen and oxygen atoms in total. The van der Waals surface area contributed by atoms with Crippen molar-refractivity contribution in [3.05, 3.63) is 29.8 Å². The molecule has 1 aliphatic rings. The minimum Gasteiger partial charge on any atom is -0.341 e. The topological polar surface area (TPSA) is 64.4 Å². The first-order valence-corrected chi connectivity index (χ1v) is 7.57. The van der Waals surface area contributed by atoms with Crippen molar-refractivity contribution in [1.29, 1.82) is 5.26 Å². The van der Waals surface area contributed by atoms with E-state index in [2.05, 4.69) is 13.0 Å². The molecular weight excluding hydrogens is 278 g/mol. The van der Waals surface area contributed by atoms with Gasteiger partial charge in [-0.25, -0.2) is 0 Å². The maximum Gasteiger partial charge on any atom is 0.242 e. The van der Waals surface area contributed by atoms with E-state index >= 15 is 0 Å². The zero-order valence-corrected chi connectivity index (χ0v) is 13.1. The van der Waals surface area contributed by atoms with Gasteiger partial charge in [-0.05, 0) is 37.0 Å². The molecule has 1 fully saturated rings. The Bertz CT molecular complexity index is 606. The molecular formula is C17H21N3O2. The highest BCUT2D eigenvalue weighted by molar-refractivity contribution is 5.97. The lowest BCUT2D eigenvalue weighted by atomic mass is 10.0. The van der Waals surface area contributed by atoms with E-state index in [0.29, 0.717) is 17.2 Å². The molecule has 0 aromatic heterocycles. The van der Waals surface area contributed by atoms with Gasteiger partial charge in [0.25, 0.3) is 0 Å². The molecule has 2 amide bonds. The van der Waals surface area contributed by atoms with Crippen LogP contribution in [0.3, 0.4) is 0 Å². The van der Waals surface area contributed by atoms with Gasteiger partial charge in [0.2, 0.25) is 11.8 Å². The standard InChI is InChI=1S/C17H21N3O2/c1-13-5-4-8-19(11-13)17(22)12-20(14(2)21)16-7-3-6-15(9-16)10-18/h3,6-7,9,13H,4-5,8,11-12H2,1-2H3. The Morgan fingerprint density at radius 1 is 1.45 bits per heavy atom. The van der Waals surface area contributed by atoms with Crippen LogP contribution in [0.25, 0.3) is 0 Å². The largest absolute Gasteiger partial charge is 0.341 e. The molecule has 1 unspecified atom stereocenters. The first-order valence-electron chi connectivity index (χ1n) is 7.57. The Morgan fingerprint density at radius 2 is 2.23 bits per heavy atom. The molecule has 1 aromatic rings. The fourth-order valence-corrected chi connectivity index (χ4v) is 2.78. The summed E-state index contributed by atoms with van der Waals surface area (Å²) in [6.07, 6.45) is 2.15. The van der Waals surface area contributed by atoms with Crippen molar-refractivity contribution in [2.45, 2.75) is 26.7 Å². The summed E-state index contributed by atoms with van der Waals surface area (Å²) in [6.45, 7) is 5.11. The van der Waals surface area contributed by atoms with Gasteiger partial charge >= 0.3 is 0 Å². The van der Waals surface area contributed by atoms with Crippen LogP contribution in [0.5, 0.6) is 0 Å². The minimum absolute atomic E-state index is 0.0247. The quantitative estimate of drug-likeness (QED) is 0.859. The number of carbonyl (C=O) groups excluding carboxylic acids is 2. The first-order chi connectivity index (χ1) is 10.5. The Kier molecular flexibility index (Phi) is 5.16. The first kappa shape index (κ1) is 16.0. The van der Waals surface area contributed by atoms with Crippen molar-refractivity contribution in [3.63, 3.8) is 0 Å². The predicted molar refractivity (Wildman–Crippen MR) is 84.2 cm³/mol. The smallest absolute Gasteiger partial charge is 0.242 e. The second-order valence-electron chi connectivity index (χ2n) is 5.85. The van der Waals surface area contributed by atoms with Gasteiger partial charge in [0, 0.05) is 25.7 Å². The normalized spacial score (nSPS) is 17.7. The van der Waals surface area contributed by atoms with E-state index in [1.807, 2.05) is 4.90 Å². The SMILES string of the molecule is CC(=O)N(CC(=O)N1CCCC(C)C1)c1cccc(C#N)c1. The lowest BCUT2D eigenvalue weighted by molar-refractivity contribution is -0.132. The molecule has 0 aliphatic carbocycles. The number of benzene rings is 1. The van der Waals surface area contributed by atoms with Crippen molar-refractivity contribution >= 4 is 17.5 Å². The van der Waals surface area contributed by atoms with Crippen LogP contribution in [0.2, 0.25) is 0 Å². The average Bonchev–Trinajstić information content (AvgIpc) is 2.52. The van der Waals surface area contributed by atoms with E-state index in [-0.39, 0.29) is 18.4 Å². The van der Waals surface area contributed by atoms with E-state index in [4.69, 9.17) is 5.26 Å². The number of nitrogens with zero attached hydrogens (tertiary/aromatic N) is 3. The maximum absolute atomic E-state index is 12.5. The molecule has 0 N–H and O–H groups in total. The summed E-state index contributed by atoms with van der Waals surface area (Å²) in [5.41, 5.74) is 1.06.